The lowest BCUT2D eigenvalue weighted by Crippen LogP contribution is -2.27. The molecule has 4 rings (SSSR count). The number of nitrogens with one attached hydrogen (secondary N) is 1. The average Bonchev–Trinajstić information content (AvgIpc) is 3.36. The molecule has 2 N–H and O–H groups in total. The molecule has 5 nitrogen and oxygen atoms in total. The van der Waals surface area contributed by atoms with Crippen molar-refractivity contribution in [3.05, 3.63) is 16.3 Å². The summed E-state index contributed by atoms with van der Waals surface area (Å²) in [4.78, 5) is 14.5. The first-order valence-corrected chi connectivity index (χ1v) is 10.8. The Morgan fingerprint density at radius 3 is 2.62 bits per heavy atom. The fraction of sp³-hybridized carbons (Fsp3) is 0.700. The summed E-state index contributed by atoms with van der Waals surface area (Å²) in [5, 5.41) is 15.2. The highest BCUT2D eigenvalue weighted by molar-refractivity contribution is 7.18. The number of anilines is 1. The lowest BCUT2D eigenvalue weighted by molar-refractivity contribution is 0.123. The fourth-order valence-electron chi connectivity index (χ4n) is 4.34. The van der Waals surface area contributed by atoms with Crippen molar-refractivity contribution >= 4 is 27.4 Å². The van der Waals surface area contributed by atoms with Gasteiger partial charge in [-0.2, -0.15) is 0 Å². The third-order valence-corrected chi connectivity index (χ3v) is 7.16. The molecule has 6 heteroatoms. The molecular weight excluding hydrogens is 344 g/mol. The molecule has 2 fully saturated rings. The highest BCUT2D eigenvalue weighted by atomic mass is 32.1. The highest BCUT2D eigenvalue weighted by Crippen LogP contribution is 2.34. The summed E-state index contributed by atoms with van der Waals surface area (Å²) in [6.45, 7) is 8.00. The van der Waals surface area contributed by atoms with Gasteiger partial charge in [0.15, 0.2) is 0 Å². The first-order valence-electron chi connectivity index (χ1n) is 10.0. The van der Waals surface area contributed by atoms with Crippen LogP contribution in [-0.2, 0) is 6.54 Å². The van der Waals surface area contributed by atoms with Gasteiger partial charge in [-0.1, -0.05) is 12.8 Å². The number of aliphatic hydroxyl groups is 1. The number of hydrogen-bond acceptors (Lipinski definition) is 6. The molecule has 2 aromatic heterocycles. The van der Waals surface area contributed by atoms with Gasteiger partial charge in [0.25, 0.3) is 0 Å². The number of likely N-dealkylation sites (tertiary alicyclic amines) is 1. The van der Waals surface area contributed by atoms with E-state index in [2.05, 4.69) is 24.1 Å². The van der Waals surface area contributed by atoms with Crippen LogP contribution in [0.2, 0.25) is 0 Å². The SMILES string of the molecule is Cc1sc2nc(CN3CCCC3)nc(NCC(O)C3CCCC3)c2c1C. The number of thiophene rings is 1. The topological polar surface area (TPSA) is 61.3 Å². The molecule has 0 aromatic carbocycles. The van der Waals surface area contributed by atoms with Gasteiger partial charge in [-0.3, -0.25) is 4.90 Å². The maximum Gasteiger partial charge on any atom is 0.146 e. The summed E-state index contributed by atoms with van der Waals surface area (Å²) in [7, 11) is 0. The van der Waals surface area contributed by atoms with Crippen LogP contribution < -0.4 is 5.32 Å². The lowest BCUT2D eigenvalue weighted by atomic mass is 10.0. The van der Waals surface area contributed by atoms with Crippen molar-refractivity contribution in [2.24, 2.45) is 5.92 Å². The van der Waals surface area contributed by atoms with Crippen molar-refractivity contribution in [3.8, 4) is 0 Å². The Balaban J connectivity index is 1.57. The maximum atomic E-state index is 10.5. The van der Waals surface area contributed by atoms with E-state index in [1.54, 1.807) is 11.3 Å². The number of rotatable bonds is 6. The van der Waals surface area contributed by atoms with E-state index in [-0.39, 0.29) is 6.10 Å². The number of fused-ring (bicyclic) bond motifs is 1. The Labute approximate surface area is 159 Å². The Hall–Kier alpha value is -1.24. The van der Waals surface area contributed by atoms with Crippen molar-refractivity contribution in [1.82, 2.24) is 14.9 Å². The molecule has 1 saturated carbocycles. The number of aryl methyl sites for hydroxylation is 2. The van der Waals surface area contributed by atoms with Crippen LogP contribution >= 0.6 is 11.3 Å². The number of hydrogen-bond donors (Lipinski definition) is 2. The lowest BCUT2D eigenvalue weighted by Gasteiger charge is -2.19. The van der Waals surface area contributed by atoms with E-state index in [9.17, 15) is 5.11 Å². The Morgan fingerprint density at radius 1 is 1.15 bits per heavy atom. The average molecular weight is 375 g/mol. The van der Waals surface area contributed by atoms with Gasteiger partial charge in [-0.15, -0.1) is 11.3 Å². The molecule has 0 bridgehead atoms. The molecule has 1 atom stereocenters. The number of aliphatic hydroxyl groups excluding tert-OH is 1. The zero-order valence-electron chi connectivity index (χ0n) is 15.9. The molecule has 3 heterocycles. The van der Waals surface area contributed by atoms with Crippen LogP contribution in [0, 0.1) is 19.8 Å². The van der Waals surface area contributed by atoms with Crippen LogP contribution in [0.4, 0.5) is 5.82 Å². The molecule has 0 radical (unpaired) electrons. The van der Waals surface area contributed by atoms with Gasteiger partial charge < -0.3 is 10.4 Å². The van der Waals surface area contributed by atoms with Gasteiger partial charge in [0.1, 0.15) is 16.5 Å². The highest BCUT2D eigenvalue weighted by Gasteiger charge is 2.24. The number of nitrogens with zero attached hydrogens (tertiary/aromatic N) is 3. The van der Waals surface area contributed by atoms with Crippen molar-refractivity contribution in [1.29, 1.82) is 0 Å². The summed E-state index contributed by atoms with van der Waals surface area (Å²) in [6.07, 6.45) is 7.07. The first-order chi connectivity index (χ1) is 12.6. The van der Waals surface area contributed by atoms with Crippen LogP contribution in [0.25, 0.3) is 10.2 Å². The zero-order valence-corrected chi connectivity index (χ0v) is 16.7. The minimum absolute atomic E-state index is 0.287. The number of aromatic nitrogens is 2. The van der Waals surface area contributed by atoms with Gasteiger partial charge in [-0.05, 0) is 64.1 Å². The van der Waals surface area contributed by atoms with Crippen molar-refractivity contribution in [2.75, 3.05) is 25.0 Å². The second kappa shape index (κ2) is 7.79. The van der Waals surface area contributed by atoms with Crippen LogP contribution in [0.5, 0.6) is 0 Å². The molecular formula is C20H30N4OS. The second-order valence-corrected chi connectivity index (χ2v) is 9.13. The third-order valence-electron chi connectivity index (χ3n) is 6.06. The quantitative estimate of drug-likeness (QED) is 0.804. The summed E-state index contributed by atoms with van der Waals surface area (Å²) in [5.74, 6) is 2.25. The monoisotopic (exact) mass is 374 g/mol. The molecule has 0 amide bonds. The molecule has 26 heavy (non-hydrogen) atoms. The predicted octanol–water partition coefficient (Wildman–Crippen LogP) is 3.87. The molecule has 2 aliphatic rings. The van der Waals surface area contributed by atoms with E-state index in [0.717, 1.165) is 54.3 Å². The van der Waals surface area contributed by atoms with E-state index in [1.165, 1.54) is 36.1 Å². The molecule has 1 unspecified atom stereocenters. The van der Waals surface area contributed by atoms with Gasteiger partial charge in [0.2, 0.25) is 0 Å². The minimum atomic E-state index is -0.287. The van der Waals surface area contributed by atoms with Gasteiger partial charge in [-0.25, -0.2) is 9.97 Å². The van der Waals surface area contributed by atoms with E-state index in [4.69, 9.17) is 9.97 Å². The summed E-state index contributed by atoms with van der Waals surface area (Å²) in [6, 6.07) is 0. The molecule has 142 valence electrons. The molecule has 2 aromatic rings. The first kappa shape index (κ1) is 18.1. The van der Waals surface area contributed by atoms with Crippen molar-refractivity contribution in [2.45, 2.75) is 65.0 Å². The van der Waals surface area contributed by atoms with E-state index >= 15 is 0 Å². The summed E-state index contributed by atoms with van der Waals surface area (Å²) < 4.78 is 0. The Bertz CT molecular complexity index is 763. The smallest absolute Gasteiger partial charge is 0.146 e. The van der Waals surface area contributed by atoms with E-state index < -0.39 is 0 Å². The normalized spacial score (nSPS) is 20.3. The summed E-state index contributed by atoms with van der Waals surface area (Å²) >= 11 is 1.75. The van der Waals surface area contributed by atoms with Crippen molar-refractivity contribution in [3.63, 3.8) is 0 Å². The van der Waals surface area contributed by atoms with Crippen molar-refractivity contribution < 1.29 is 5.11 Å². The third kappa shape index (κ3) is 3.73. The predicted molar refractivity (Wildman–Crippen MR) is 108 cm³/mol. The van der Waals surface area contributed by atoms with Gasteiger partial charge in [0.05, 0.1) is 18.0 Å². The zero-order chi connectivity index (χ0) is 18.1. The Kier molecular flexibility index (Phi) is 5.43. The molecule has 1 aliphatic heterocycles. The fourth-order valence-corrected chi connectivity index (χ4v) is 5.39. The summed E-state index contributed by atoms with van der Waals surface area (Å²) in [5.41, 5.74) is 1.26. The molecule has 1 saturated heterocycles. The van der Waals surface area contributed by atoms with Gasteiger partial charge in [0, 0.05) is 11.4 Å². The maximum absolute atomic E-state index is 10.5. The van der Waals surface area contributed by atoms with E-state index in [1.807, 2.05) is 0 Å². The molecule has 0 spiro atoms. The van der Waals surface area contributed by atoms with Crippen LogP contribution in [0.1, 0.15) is 54.8 Å². The largest absolute Gasteiger partial charge is 0.391 e. The van der Waals surface area contributed by atoms with Crippen LogP contribution in [0.15, 0.2) is 0 Å². The molecule has 1 aliphatic carbocycles. The standard InChI is InChI=1S/C20H30N4OS/c1-13-14(2)26-20-18(13)19(21-11-16(25)15-7-3-4-8-15)22-17(23-20)12-24-9-5-6-10-24/h15-16,25H,3-12H2,1-2H3,(H,21,22,23). The van der Waals surface area contributed by atoms with Gasteiger partial charge >= 0.3 is 0 Å². The van der Waals surface area contributed by atoms with E-state index in [0.29, 0.717) is 12.5 Å². The minimum Gasteiger partial charge on any atom is -0.391 e. The second-order valence-electron chi connectivity index (χ2n) is 7.93. The van der Waals surface area contributed by atoms with Crippen LogP contribution in [0.3, 0.4) is 0 Å². The Morgan fingerprint density at radius 2 is 1.88 bits per heavy atom. The van der Waals surface area contributed by atoms with Crippen LogP contribution in [-0.4, -0.2) is 45.7 Å².